The van der Waals surface area contributed by atoms with E-state index in [2.05, 4.69) is 15.3 Å². The molecule has 1 aliphatic rings. The molecular formula is C20H26FN5O4S. The van der Waals surface area contributed by atoms with Gasteiger partial charge < -0.3 is 14.6 Å². The summed E-state index contributed by atoms with van der Waals surface area (Å²) in [6.07, 6.45) is 1.69. The molecule has 1 atom stereocenters. The van der Waals surface area contributed by atoms with Crippen molar-refractivity contribution in [1.82, 2.24) is 14.9 Å². The number of benzene rings is 1. The highest BCUT2D eigenvalue weighted by atomic mass is 32.2. The summed E-state index contributed by atoms with van der Waals surface area (Å²) in [5.74, 6) is 0.796. The zero-order chi connectivity index (χ0) is 22.9. The van der Waals surface area contributed by atoms with E-state index in [0.717, 1.165) is 6.26 Å². The highest BCUT2D eigenvalue weighted by Crippen LogP contribution is 2.36. The smallest absolute Gasteiger partial charge is 0.264 e. The standard InChI is InChI=1S/C20H26FN5O4S/c1-11(2)23-19(24-13(4)22)17-10-26-6-7-29-18-9-16(21)14(8-15(18)20(26)25-17)12(3)30-31(5,27)28/h8-12H,6-7H2,1-5H3,(H2,22,23,24). The van der Waals surface area contributed by atoms with E-state index in [1.807, 2.05) is 18.4 Å². The Balaban J connectivity index is 2.11. The van der Waals surface area contributed by atoms with Gasteiger partial charge in [-0.25, -0.2) is 14.4 Å². The monoisotopic (exact) mass is 451 g/mol. The summed E-state index contributed by atoms with van der Waals surface area (Å²) in [6, 6.07) is 2.80. The third-order valence-corrected chi connectivity index (χ3v) is 5.05. The molecule has 1 unspecified atom stereocenters. The van der Waals surface area contributed by atoms with Gasteiger partial charge in [-0.05, 0) is 33.8 Å². The molecule has 1 aromatic heterocycles. The minimum absolute atomic E-state index is 0.0740. The van der Waals surface area contributed by atoms with E-state index in [1.165, 1.54) is 19.1 Å². The molecule has 0 aliphatic carbocycles. The average Bonchev–Trinajstić information content (AvgIpc) is 2.96. The van der Waals surface area contributed by atoms with Gasteiger partial charge in [0.05, 0.1) is 18.4 Å². The molecule has 3 rings (SSSR count). The predicted molar refractivity (Wildman–Crippen MR) is 116 cm³/mol. The van der Waals surface area contributed by atoms with Crippen LogP contribution in [0, 0.1) is 11.2 Å². The van der Waals surface area contributed by atoms with Crippen LogP contribution >= 0.6 is 0 Å². The molecule has 31 heavy (non-hydrogen) atoms. The number of amidine groups is 2. The van der Waals surface area contributed by atoms with E-state index in [9.17, 15) is 12.8 Å². The third kappa shape index (κ3) is 5.47. The largest absolute Gasteiger partial charge is 0.491 e. The molecule has 11 heteroatoms. The van der Waals surface area contributed by atoms with Gasteiger partial charge in [0.1, 0.15) is 41.6 Å². The van der Waals surface area contributed by atoms with Gasteiger partial charge in [-0.3, -0.25) is 9.59 Å². The maximum atomic E-state index is 14.7. The van der Waals surface area contributed by atoms with E-state index < -0.39 is 22.0 Å². The maximum absolute atomic E-state index is 14.7. The number of hydrogen-bond acceptors (Lipinski definition) is 6. The number of ether oxygens (including phenoxy) is 1. The molecule has 0 saturated carbocycles. The normalized spacial score (nSPS) is 15.0. The first kappa shape index (κ1) is 22.9. The lowest BCUT2D eigenvalue weighted by molar-refractivity contribution is 0.231. The Bertz CT molecular complexity index is 1140. The van der Waals surface area contributed by atoms with Crippen LogP contribution in [0.15, 0.2) is 23.3 Å². The van der Waals surface area contributed by atoms with Crippen molar-refractivity contribution in [3.63, 3.8) is 0 Å². The fourth-order valence-corrected chi connectivity index (χ4v) is 3.89. The molecule has 0 radical (unpaired) electrons. The van der Waals surface area contributed by atoms with Crippen molar-refractivity contribution in [1.29, 1.82) is 5.41 Å². The number of halogens is 1. The van der Waals surface area contributed by atoms with Crippen molar-refractivity contribution in [2.45, 2.75) is 46.4 Å². The van der Waals surface area contributed by atoms with Crippen molar-refractivity contribution in [2.24, 2.45) is 4.99 Å². The summed E-state index contributed by atoms with van der Waals surface area (Å²) < 4.78 is 50.2. The number of hydrogen-bond donors (Lipinski definition) is 2. The number of rotatable bonds is 5. The lowest BCUT2D eigenvalue weighted by atomic mass is 10.0. The zero-order valence-electron chi connectivity index (χ0n) is 18.1. The molecule has 0 amide bonds. The Morgan fingerprint density at radius 2 is 2.10 bits per heavy atom. The topological polar surface area (TPSA) is 119 Å². The number of aliphatic imine (C=N–C) groups is 1. The highest BCUT2D eigenvalue weighted by Gasteiger charge is 2.25. The zero-order valence-corrected chi connectivity index (χ0v) is 18.9. The van der Waals surface area contributed by atoms with Crippen molar-refractivity contribution in [2.75, 3.05) is 12.9 Å². The minimum Gasteiger partial charge on any atom is -0.491 e. The Morgan fingerprint density at radius 1 is 1.39 bits per heavy atom. The highest BCUT2D eigenvalue weighted by molar-refractivity contribution is 7.86. The Morgan fingerprint density at radius 3 is 2.71 bits per heavy atom. The Labute approximate surface area is 180 Å². The van der Waals surface area contributed by atoms with Gasteiger partial charge in [0.2, 0.25) is 0 Å². The molecule has 1 aliphatic heterocycles. The van der Waals surface area contributed by atoms with Crippen molar-refractivity contribution in [3.05, 3.63) is 35.4 Å². The van der Waals surface area contributed by atoms with E-state index >= 15 is 0 Å². The second kappa shape index (κ2) is 8.75. The number of imidazole rings is 1. The molecule has 1 aromatic carbocycles. The quantitative estimate of drug-likeness (QED) is 0.410. The van der Waals surface area contributed by atoms with Crippen LogP contribution in [0.1, 0.15) is 45.1 Å². The first-order chi connectivity index (χ1) is 14.4. The predicted octanol–water partition coefficient (Wildman–Crippen LogP) is 2.86. The first-order valence-corrected chi connectivity index (χ1v) is 11.6. The Kier molecular flexibility index (Phi) is 6.46. The van der Waals surface area contributed by atoms with Crippen LogP contribution < -0.4 is 10.1 Å². The van der Waals surface area contributed by atoms with Crippen LogP contribution in [0.3, 0.4) is 0 Å². The van der Waals surface area contributed by atoms with Gasteiger partial charge in [0, 0.05) is 23.9 Å². The van der Waals surface area contributed by atoms with Crippen LogP contribution in [0.25, 0.3) is 11.4 Å². The molecule has 0 bridgehead atoms. The molecule has 2 N–H and O–H groups in total. The maximum Gasteiger partial charge on any atom is 0.264 e. The molecule has 0 saturated heterocycles. The van der Waals surface area contributed by atoms with Crippen LogP contribution in [-0.2, 0) is 20.8 Å². The molecule has 9 nitrogen and oxygen atoms in total. The number of aromatic nitrogens is 2. The third-order valence-electron chi connectivity index (χ3n) is 4.41. The van der Waals surface area contributed by atoms with Crippen molar-refractivity contribution >= 4 is 21.8 Å². The summed E-state index contributed by atoms with van der Waals surface area (Å²) in [5, 5.41) is 10.9. The summed E-state index contributed by atoms with van der Waals surface area (Å²) in [4.78, 5) is 8.92. The molecule has 168 valence electrons. The second-order valence-corrected chi connectivity index (χ2v) is 9.25. The van der Waals surface area contributed by atoms with Crippen LogP contribution in [0.4, 0.5) is 4.39 Å². The lowest BCUT2D eigenvalue weighted by Crippen LogP contribution is -2.32. The van der Waals surface area contributed by atoms with Crippen LogP contribution in [0.2, 0.25) is 0 Å². The van der Waals surface area contributed by atoms with Crippen molar-refractivity contribution < 1.29 is 21.7 Å². The second-order valence-electron chi connectivity index (χ2n) is 7.65. The summed E-state index contributed by atoms with van der Waals surface area (Å²) in [5.41, 5.74) is 1.13. The number of nitrogens with zero attached hydrogens (tertiary/aromatic N) is 3. The summed E-state index contributed by atoms with van der Waals surface area (Å²) in [7, 11) is -3.77. The van der Waals surface area contributed by atoms with Crippen LogP contribution in [0.5, 0.6) is 5.75 Å². The lowest BCUT2D eigenvalue weighted by Gasteiger charge is -2.15. The molecule has 2 heterocycles. The number of nitrogens with one attached hydrogen (secondary N) is 2. The van der Waals surface area contributed by atoms with E-state index in [4.69, 9.17) is 14.3 Å². The minimum atomic E-state index is -3.77. The van der Waals surface area contributed by atoms with E-state index in [1.54, 1.807) is 13.1 Å². The molecule has 0 spiro atoms. The summed E-state index contributed by atoms with van der Waals surface area (Å²) >= 11 is 0. The average molecular weight is 452 g/mol. The van der Waals surface area contributed by atoms with E-state index in [0.29, 0.717) is 41.8 Å². The van der Waals surface area contributed by atoms with E-state index in [-0.39, 0.29) is 17.4 Å². The van der Waals surface area contributed by atoms with Crippen LogP contribution in [-0.4, -0.2) is 48.5 Å². The fraction of sp³-hybridized carbons (Fsp3) is 0.450. The first-order valence-electron chi connectivity index (χ1n) is 9.77. The number of fused-ring (bicyclic) bond motifs is 3. The van der Waals surface area contributed by atoms with Gasteiger partial charge >= 0.3 is 0 Å². The Hall–Kier alpha value is -2.79. The SMILES string of the molecule is CC(=N)/N=C(\NC(C)C)c1cn2c(n1)-c1cc(C(C)OS(C)(=O)=O)c(F)cc1OCC2. The molecule has 2 aromatic rings. The fourth-order valence-electron chi connectivity index (χ4n) is 3.27. The van der Waals surface area contributed by atoms with Gasteiger partial charge in [-0.1, -0.05) is 0 Å². The van der Waals surface area contributed by atoms with Gasteiger partial charge in [-0.15, -0.1) is 0 Å². The van der Waals surface area contributed by atoms with Gasteiger partial charge in [0.15, 0.2) is 5.84 Å². The molecule has 0 fully saturated rings. The summed E-state index contributed by atoms with van der Waals surface area (Å²) in [6.45, 7) is 7.73. The van der Waals surface area contributed by atoms with Crippen molar-refractivity contribution in [3.8, 4) is 17.1 Å². The molecular weight excluding hydrogens is 425 g/mol. The van der Waals surface area contributed by atoms with Gasteiger partial charge in [-0.2, -0.15) is 8.42 Å². The van der Waals surface area contributed by atoms with Gasteiger partial charge in [0.25, 0.3) is 10.1 Å².